The number of ether oxygens (including phenoxy) is 1. The topological polar surface area (TPSA) is 39.4 Å². The third-order valence-corrected chi connectivity index (χ3v) is 3.21. The van der Waals surface area contributed by atoms with E-state index in [2.05, 4.69) is 15.9 Å². The molecule has 0 saturated carbocycles. The van der Waals surface area contributed by atoms with Crippen molar-refractivity contribution in [3.63, 3.8) is 0 Å². The average Bonchev–Trinajstić information content (AvgIpc) is 2.92. The van der Waals surface area contributed by atoms with Crippen molar-refractivity contribution >= 4 is 21.7 Å². The summed E-state index contributed by atoms with van der Waals surface area (Å²) in [7, 11) is 0. The fourth-order valence-electron chi connectivity index (χ4n) is 1.68. The Kier molecular flexibility index (Phi) is 5.36. The summed E-state index contributed by atoms with van der Waals surface area (Å²) in [5, 5.41) is 0. The molecule has 2 rings (SSSR count). The smallest absolute Gasteiger partial charge is 0.162 e. The summed E-state index contributed by atoms with van der Waals surface area (Å²) in [5.74, 6) is 0.952. The van der Waals surface area contributed by atoms with E-state index in [1.165, 1.54) is 0 Å². The number of carbonyl (C=O) groups excluding carboxylic acids is 1. The molecule has 0 spiro atoms. The van der Waals surface area contributed by atoms with Gasteiger partial charge in [0.05, 0.1) is 6.26 Å². The molecular weight excluding hydrogens is 308 g/mol. The molecule has 1 heterocycles. The molecule has 0 atom stereocenters. The molecule has 0 bridgehead atoms. The highest BCUT2D eigenvalue weighted by Crippen LogP contribution is 2.12. The zero-order chi connectivity index (χ0) is 13.5. The minimum absolute atomic E-state index is 0.147. The van der Waals surface area contributed by atoms with E-state index in [1.54, 1.807) is 6.26 Å². The summed E-state index contributed by atoms with van der Waals surface area (Å²) in [6, 6.07) is 11.1. The van der Waals surface area contributed by atoms with Crippen molar-refractivity contribution in [3.05, 3.63) is 58.5 Å². The monoisotopic (exact) mass is 322 g/mol. The van der Waals surface area contributed by atoms with E-state index in [9.17, 15) is 4.79 Å². The molecule has 1 aromatic carbocycles. The second-order valence-corrected chi connectivity index (χ2v) is 5.08. The number of carbonyl (C=O) groups is 1. The largest absolute Gasteiger partial charge is 0.467 e. The molecule has 3 nitrogen and oxygen atoms in total. The van der Waals surface area contributed by atoms with Gasteiger partial charge in [0.1, 0.15) is 12.4 Å². The van der Waals surface area contributed by atoms with Gasteiger partial charge in [0, 0.05) is 23.1 Å². The van der Waals surface area contributed by atoms with Crippen LogP contribution >= 0.6 is 15.9 Å². The van der Waals surface area contributed by atoms with Crippen LogP contribution in [0.4, 0.5) is 0 Å². The molecule has 0 aliphatic carbocycles. The highest BCUT2D eigenvalue weighted by molar-refractivity contribution is 9.10. The van der Waals surface area contributed by atoms with Crippen LogP contribution in [0, 0.1) is 0 Å². The lowest BCUT2D eigenvalue weighted by molar-refractivity contribution is 0.0885. The Labute approximate surface area is 120 Å². The molecule has 100 valence electrons. The predicted octanol–water partition coefficient (Wildman–Crippen LogP) is 4.22. The van der Waals surface area contributed by atoms with E-state index in [0.29, 0.717) is 19.6 Å². The molecule has 0 unspecified atom stereocenters. The lowest BCUT2D eigenvalue weighted by Gasteiger charge is -2.03. The molecule has 0 N–H and O–H groups in total. The van der Waals surface area contributed by atoms with E-state index in [1.807, 2.05) is 36.4 Å². The van der Waals surface area contributed by atoms with Crippen LogP contribution in [0.15, 0.2) is 51.6 Å². The van der Waals surface area contributed by atoms with Gasteiger partial charge in [-0.25, -0.2) is 0 Å². The van der Waals surface area contributed by atoms with E-state index in [4.69, 9.17) is 9.15 Å². The minimum Gasteiger partial charge on any atom is -0.467 e. The SMILES string of the molecule is O=C(CCCOCc1ccco1)c1ccc(Br)cc1. The predicted molar refractivity (Wildman–Crippen MR) is 76.1 cm³/mol. The number of halogens is 1. The van der Waals surface area contributed by atoms with Crippen LogP contribution < -0.4 is 0 Å². The fourth-order valence-corrected chi connectivity index (χ4v) is 1.95. The average molecular weight is 323 g/mol. The first-order chi connectivity index (χ1) is 9.25. The molecule has 0 radical (unpaired) electrons. The lowest BCUT2D eigenvalue weighted by atomic mass is 10.1. The van der Waals surface area contributed by atoms with Gasteiger partial charge < -0.3 is 9.15 Å². The van der Waals surface area contributed by atoms with Crippen molar-refractivity contribution in [2.24, 2.45) is 0 Å². The standard InChI is InChI=1S/C15H15BrO3/c16-13-7-5-12(6-8-13)15(17)4-2-9-18-11-14-3-1-10-19-14/h1,3,5-8,10H,2,4,9,11H2. The Morgan fingerprint density at radius 1 is 1.21 bits per heavy atom. The number of furan rings is 1. The number of rotatable bonds is 7. The minimum atomic E-state index is 0.147. The third-order valence-electron chi connectivity index (χ3n) is 2.68. The summed E-state index contributed by atoms with van der Waals surface area (Å²) in [5.41, 5.74) is 0.745. The zero-order valence-electron chi connectivity index (χ0n) is 10.5. The van der Waals surface area contributed by atoms with Gasteiger partial charge in [-0.05, 0) is 30.7 Å². The Balaban J connectivity index is 1.65. The molecule has 19 heavy (non-hydrogen) atoms. The van der Waals surface area contributed by atoms with Gasteiger partial charge >= 0.3 is 0 Å². The van der Waals surface area contributed by atoms with Crippen LogP contribution in [-0.4, -0.2) is 12.4 Å². The molecule has 1 aromatic heterocycles. The molecular formula is C15H15BrO3. The summed E-state index contributed by atoms with van der Waals surface area (Å²) < 4.78 is 11.6. The van der Waals surface area contributed by atoms with Gasteiger partial charge in [-0.3, -0.25) is 4.79 Å². The second kappa shape index (κ2) is 7.26. The van der Waals surface area contributed by atoms with Crippen LogP contribution in [0.5, 0.6) is 0 Å². The molecule has 0 saturated heterocycles. The Morgan fingerprint density at radius 3 is 2.68 bits per heavy atom. The maximum absolute atomic E-state index is 11.9. The molecule has 0 aliphatic rings. The quantitative estimate of drug-likeness (QED) is 0.566. The van der Waals surface area contributed by atoms with Crippen LogP contribution in [0.3, 0.4) is 0 Å². The summed E-state index contributed by atoms with van der Waals surface area (Å²) in [6.07, 6.45) is 2.84. The van der Waals surface area contributed by atoms with Crippen LogP contribution in [0.1, 0.15) is 29.0 Å². The first-order valence-corrected chi connectivity index (χ1v) is 6.94. The van der Waals surface area contributed by atoms with Gasteiger partial charge in [0.15, 0.2) is 5.78 Å². The number of benzene rings is 1. The van der Waals surface area contributed by atoms with E-state index >= 15 is 0 Å². The normalized spacial score (nSPS) is 10.6. The molecule has 0 fully saturated rings. The van der Waals surface area contributed by atoms with E-state index in [-0.39, 0.29) is 5.78 Å². The molecule has 0 amide bonds. The first kappa shape index (κ1) is 14.0. The fraction of sp³-hybridized carbons (Fsp3) is 0.267. The first-order valence-electron chi connectivity index (χ1n) is 6.14. The van der Waals surface area contributed by atoms with Crippen molar-refractivity contribution in [1.29, 1.82) is 0 Å². The van der Waals surface area contributed by atoms with Crippen LogP contribution in [0.2, 0.25) is 0 Å². The number of hydrogen-bond acceptors (Lipinski definition) is 3. The van der Waals surface area contributed by atoms with Crippen molar-refractivity contribution in [2.75, 3.05) is 6.61 Å². The highest BCUT2D eigenvalue weighted by atomic mass is 79.9. The van der Waals surface area contributed by atoms with Gasteiger partial charge in [-0.2, -0.15) is 0 Å². The van der Waals surface area contributed by atoms with Crippen LogP contribution in [-0.2, 0) is 11.3 Å². The highest BCUT2D eigenvalue weighted by Gasteiger charge is 2.05. The Hall–Kier alpha value is -1.39. The van der Waals surface area contributed by atoms with Crippen molar-refractivity contribution < 1.29 is 13.9 Å². The van der Waals surface area contributed by atoms with Crippen molar-refractivity contribution in [1.82, 2.24) is 0 Å². The van der Waals surface area contributed by atoms with E-state index < -0.39 is 0 Å². The Bertz CT molecular complexity index is 503. The van der Waals surface area contributed by atoms with Gasteiger partial charge in [-0.15, -0.1) is 0 Å². The van der Waals surface area contributed by atoms with Crippen LogP contribution in [0.25, 0.3) is 0 Å². The van der Waals surface area contributed by atoms with Gasteiger partial charge in [0.2, 0.25) is 0 Å². The summed E-state index contributed by atoms with van der Waals surface area (Å²) in [4.78, 5) is 11.9. The number of hydrogen-bond donors (Lipinski definition) is 0. The molecule has 4 heteroatoms. The number of ketones is 1. The zero-order valence-corrected chi connectivity index (χ0v) is 12.1. The Morgan fingerprint density at radius 2 is 2.00 bits per heavy atom. The molecule has 0 aliphatic heterocycles. The summed E-state index contributed by atoms with van der Waals surface area (Å²) >= 11 is 3.35. The lowest BCUT2D eigenvalue weighted by Crippen LogP contribution is -2.02. The van der Waals surface area contributed by atoms with Gasteiger partial charge in [-0.1, -0.05) is 28.1 Å². The summed E-state index contributed by atoms with van der Waals surface area (Å²) in [6.45, 7) is 1.02. The van der Waals surface area contributed by atoms with Gasteiger partial charge in [0.25, 0.3) is 0 Å². The second-order valence-electron chi connectivity index (χ2n) is 4.17. The number of Topliss-reactive ketones (excluding diaryl/α,β-unsaturated/α-hetero) is 1. The maximum atomic E-state index is 11.9. The van der Waals surface area contributed by atoms with Crippen molar-refractivity contribution in [2.45, 2.75) is 19.4 Å². The maximum Gasteiger partial charge on any atom is 0.162 e. The van der Waals surface area contributed by atoms with E-state index in [0.717, 1.165) is 22.2 Å². The van der Waals surface area contributed by atoms with Crippen molar-refractivity contribution in [3.8, 4) is 0 Å². The molecule has 2 aromatic rings. The third kappa shape index (κ3) is 4.65.